The first-order chi connectivity index (χ1) is 10.6. The Balaban J connectivity index is 2.01. The van der Waals surface area contributed by atoms with E-state index in [9.17, 15) is 35.5 Å². The van der Waals surface area contributed by atoms with E-state index >= 15 is 0 Å². The van der Waals surface area contributed by atoms with Crippen molar-refractivity contribution in [2.45, 2.75) is 43.4 Å². The summed E-state index contributed by atoms with van der Waals surface area (Å²) in [4.78, 5) is 10.9. The smallest absolute Gasteiger partial charge is 0.455 e. The molecule has 23 heavy (non-hydrogen) atoms. The number of rotatable bonds is 1. The predicted molar refractivity (Wildman–Crippen MR) is 61.5 cm³/mol. The summed E-state index contributed by atoms with van der Waals surface area (Å²) in [7, 11) is 0. The number of carbonyl (C=O) groups excluding carboxylic acids is 1. The zero-order valence-corrected chi connectivity index (χ0v) is 11.3. The van der Waals surface area contributed by atoms with Crippen LogP contribution in [0.1, 0.15) is 42.2 Å². The van der Waals surface area contributed by atoms with E-state index in [-0.39, 0.29) is 24.8 Å². The number of ether oxygens (including phenoxy) is 1. The van der Waals surface area contributed by atoms with E-state index in [1.54, 1.807) is 0 Å². The lowest BCUT2D eigenvalue weighted by molar-refractivity contribution is -0.206. The van der Waals surface area contributed by atoms with Gasteiger partial charge in [-0.15, -0.1) is 0 Å². The monoisotopic (exact) mass is 342 g/mol. The SMILES string of the molecule is O=C(O[C@@H]1CC[C@@H]2C[C@H]1c1c(F)c(F)c(F)c(F)c12)C(F)(F)F. The van der Waals surface area contributed by atoms with Crippen LogP contribution in [0.4, 0.5) is 30.7 Å². The van der Waals surface area contributed by atoms with Crippen molar-refractivity contribution >= 4 is 5.97 Å². The Morgan fingerprint density at radius 3 is 2.04 bits per heavy atom. The second kappa shape index (κ2) is 5.10. The molecule has 1 saturated carbocycles. The van der Waals surface area contributed by atoms with E-state index < -0.39 is 58.9 Å². The second-order valence-corrected chi connectivity index (χ2v) is 5.64. The van der Waals surface area contributed by atoms with Gasteiger partial charge in [-0.05, 0) is 25.2 Å². The molecule has 126 valence electrons. The molecule has 0 radical (unpaired) electrons. The number of hydrogen-bond acceptors (Lipinski definition) is 2. The fourth-order valence-corrected chi connectivity index (χ4v) is 3.48. The maximum atomic E-state index is 14.0. The van der Waals surface area contributed by atoms with Gasteiger partial charge in [0.05, 0.1) is 0 Å². The number of fused-ring (bicyclic) bond motifs is 5. The van der Waals surface area contributed by atoms with Gasteiger partial charge in [-0.1, -0.05) is 0 Å². The van der Waals surface area contributed by atoms with Crippen LogP contribution in [0.15, 0.2) is 0 Å². The Bertz CT molecular complexity index is 683. The standard InChI is InChI=1S/C14H9F7O2/c15-9-7-4-1-2-6(23-13(22)14(19,20)21)5(3-4)8(7)10(16)12(18)11(9)17/h4-6H,1-3H2/t4-,5-,6-/m1/s1. The molecule has 3 rings (SSSR count). The van der Waals surface area contributed by atoms with Gasteiger partial charge in [0.15, 0.2) is 23.3 Å². The number of halogens is 7. The minimum atomic E-state index is -5.23. The fourth-order valence-electron chi connectivity index (χ4n) is 3.48. The van der Waals surface area contributed by atoms with Gasteiger partial charge >= 0.3 is 12.1 Å². The summed E-state index contributed by atoms with van der Waals surface area (Å²) in [5.41, 5.74) is -0.888. The Hall–Kier alpha value is -1.80. The summed E-state index contributed by atoms with van der Waals surface area (Å²) in [6, 6.07) is 0. The Morgan fingerprint density at radius 2 is 1.48 bits per heavy atom. The number of alkyl halides is 3. The zero-order valence-electron chi connectivity index (χ0n) is 11.3. The van der Waals surface area contributed by atoms with Crippen LogP contribution in [0, 0.1) is 23.3 Å². The quantitative estimate of drug-likeness (QED) is 0.333. The van der Waals surface area contributed by atoms with E-state index in [0.29, 0.717) is 0 Å². The van der Waals surface area contributed by atoms with Gasteiger partial charge in [0, 0.05) is 17.0 Å². The Morgan fingerprint density at radius 1 is 0.913 bits per heavy atom. The molecule has 0 amide bonds. The minimum Gasteiger partial charge on any atom is -0.455 e. The zero-order chi connectivity index (χ0) is 17.1. The summed E-state index contributed by atoms with van der Waals surface area (Å²) >= 11 is 0. The lowest BCUT2D eigenvalue weighted by Crippen LogP contribution is -2.34. The third-order valence-corrected chi connectivity index (χ3v) is 4.40. The molecule has 1 aromatic rings. The van der Waals surface area contributed by atoms with Gasteiger partial charge < -0.3 is 4.74 Å². The predicted octanol–water partition coefficient (Wildman–Crippen LogP) is 4.08. The van der Waals surface area contributed by atoms with Crippen molar-refractivity contribution in [3.63, 3.8) is 0 Å². The molecule has 0 unspecified atom stereocenters. The molecule has 0 heterocycles. The molecule has 0 N–H and O–H groups in total. The summed E-state index contributed by atoms with van der Waals surface area (Å²) in [6.07, 6.45) is -6.60. The lowest BCUT2D eigenvalue weighted by Gasteiger charge is -2.29. The molecule has 0 aliphatic heterocycles. The molecule has 2 aliphatic rings. The largest absolute Gasteiger partial charge is 0.490 e. The normalized spacial score (nSPS) is 26.1. The van der Waals surface area contributed by atoms with E-state index in [4.69, 9.17) is 0 Å². The van der Waals surface area contributed by atoms with Gasteiger partial charge in [0.1, 0.15) is 6.10 Å². The maximum absolute atomic E-state index is 14.0. The first-order valence-electron chi connectivity index (χ1n) is 6.76. The van der Waals surface area contributed by atoms with Crippen LogP contribution in [0.2, 0.25) is 0 Å². The molecule has 1 aromatic carbocycles. The van der Waals surface area contributed by atoms with Crippen LogP contribution in [0.5, 0.6) is 0 Å². The summed E-state index contributed by atoms with van der Waals surface area (Å²) < 4.78 is 95.8. The number of esters is 1. The highest BCUT2D eigenvalue weighted by Gasteiger charge is 2.50. The summed E-state index contributed by atoms with van der Waals surface area (Å²) in [5.74, 6) is -11.3. The minimum absolute atomic E-state index is 0.0259. The lowest BCUT2D eigenvalue weighted by atomic mass is 9.84. The van der Waals surface area contributed by atoms with Gasteiger partial charge in [0.25, 0.3) is 0 Å². The maximum Gasteiger partial charge on any atom is 0.490 e. The Kier molecular flexibility index (Phi) is 3.57. The van der Waals surface area contributed by atoms with Crippen molar-refractivity contribution in [1.82, 2.24) is 0 Å². The summed E-state index contributed by atoms with van der Waals surface area (Å²) in [6.45, 7) is 0. The number of benzene rings is 1. The topological polar surface area (TPSA) is 26.3 Å². The molecule has 0 aromatic heterocycles. The van der Waals surface area contributed by atoms with Gasteiger partial charge in [0.2, 0.25) is 0 Å². The van der Waals surface area contributed by atoms with E-state index in [2.05, 4.69) is 4.74 Å². The van der Waals surface area contributed by atoms with E-state index in [1.165, 1.54) is 0 Å². The molecule has 9 heteroatoms. The highest BCUT2D eigenvalue weighted by Crippen LogP contribution is 2.54. The first-order valence-corrected chi connectivity index (χ1v) is 6.76. The average Bonchev–Trinajstić information content (AvgIpc) is 2.79. The van der Waals surface area contributed by atoms with Crippen molar-refractivity contribution in [2.24, 2.45) is 0 Å². The highest BCUT2D eigenvalue weighted by molar-refractivity contribution is 5.76. The fraction of sp³-hybridized carbons (Fsp3) is 0.500. The molecule has 2 aliphatic carbocycles. The molecule has 0 saturated heterocycles. The third kappa shape index (κ3) is 2.36. The molecular formula is C14H9F7O2. The average molecular weight is 342 g/mol. The van der Waals surface area contributed by atoms with Gasteiger partial charge in [-0.3, -0.25) is 0 Å². The number of hydrogen-bond donors (Lipinski definition) is 0. The van der Waals surface area contributed by atoms with Crippen LogP contribution < -0.4 is 0 Å². The van der Waals surface area contributed by atoms with Crippen LogP contribution in [0.3, 0.4) is 0 Å². The van der Waals surface area contributed by atoms with E-state index in [1.807, 2.05) is 0 Å². The number of carbonyl (C=O) groups is 1. The van der Waals surface area contributed by atoms with Crippen LogP contribution >= 0.6 is 0 Å². The van der Waals surface area contributed by atoms with Gasteiger partial charge in [-0.25, -0.2) is 22.4 Å². The molecule has 2 nitrogen and oxygen atoms in total. The highest BCUT2D eigenvalue weighted by atomic mass is 19.4. The second-order valence-electron chi connectivity index (χ2n) is 5.64. The van der Waals surface area contributed by atoms with Crippen molar-refractivity contribution in [3.8, 4) is 0 Å². The molecule has 3 atom stereocenters. The molecule has 1 fully saturated rings. The third-order valence-electron chi connectivity index (χ3n) is 4.40. The Labute approximate surface area is 125 Å². The van der Waals surface area contributed by atoms with Crippen LogP contribution in [-0.2, 0) is 9.53 Å². The van der Waals surface area contributed by atoms with Crippen molar-refractivity contribution < 1.29 is 40.3 Å². The first kappa shape index (κ1) is 16.1. The van der Waals surface area contributed by atoms with Crippen molar-refractivity contribution in [3.05, 3.63) is 34.4 Å². The van der Waals surface area contributed by atoms with E-state index in [0.717, 1.165) is 0 Å². The molecule has 2 bridgehead atoms. The molecular weight excluding hydrogens is 333 g/mol. The van der Waals surface area contributed by atoms with Crippen molar-refractivity contribution in [1.29, 1.82) is 0 Å². The van der Waals surface area contributed by atoms with Crippen LogP contribution in [-0.4, -0.2) is 18.2 Å². The van der Waals surface area contributed by atoms with Crippen molar-refractivity contribution in [2.75, 3.05) is 0 Å². The molecule has 0 spiro atoms. The summed E-state index contributed by atoms with van der Waals surface area (Å²) in [5, 5.41) is 0. The van der Waals surface area contributed by atoms with Crippen LogP contribution in [0.25, 0.3) is 0 Å². The van der Waals surface area contributed by atoms with Gasteiger partial charge in [-0.2, -0.15) is 13.2 Å².